The molecule has 0 aliphatic carbocycles. The monoisotopic (exact) mass is 523 g/mol. The molecular weight excluding hydrogens is 478 g/mol. The lowest BCUT2D eigenvalue weighted by atomic mass is 10.1. The fourth-order valence-electron chi connectivity index (χ4n) is 3.73. The van der Waals surface area contributed by atoms with Crippen molar-refractivity contribution in [2.45, 2.75) is 78.1 Å². The molecule has 1 atom stereocenters. The van der Waals surface area contributed by atoms with Crippen molar-refractivity contribution in [3.63, 3.8) is 0 Å². The predicted molar refractivity (Wildman–Crippen MR) is 155 cm³/mol. The molecule has 6 nitrogen and oxygen atoms in total. The predicted octanol–water partition coefficient (Wildman–Crippen LogP) is 7.63. The second-order valence-electron chi connectivity index (χ2n) is 9.80. The van der Waals surface area contributed by atoms with Crippen LogP contribution in [0.5, 0.6) is 11.5 Å². The quantitative estimate of drug-likeness (QED) is 0.0855. The summed E-state index contributed by atoms with van der Waals surface area (Å²) in [7, 11) is 0. The molecule has 2 N–H and O–H groups in total. The van der Waals surface area contributed by atoms with Gasteiger partial charge >= 0.3 is 5.97 Å². The van der Waals surface area contributed by atoms with Gasteiger partial charge in [0.1, 0.15) is 11.5 Å². The highest BCUT2D eigenvalue weighted by Crippen LogP contribution is 2.24. The summed E-state index contributed by atoms with van der Waals surface area (Å²) < 4.78 is 11.0. The lowest BCUT2D eigenvalue weighted by molar-refractivity contribution is -0.138. The first-order valence-electron chi connectivity index (χ1n) is 14.1. The SMILES string of the molecule is CC[C@H](C)COC(=O)/C=C/c1ccc(N=Cc2ccc(OCCCCCCCCCCCO)cc2O)cc1. The van der Waals surface area contributed by atoms with E-state index in [2.05, 4.69) is 11.9 Å². The molecule has 0 amide bonds. The number of carbonyl (C=O) groups excluding carboxylic acids is 1. The Labute approximate surface area is 228 Å². The second-order valence-corrected chi connectivity index (χ2v) is 9.80. The zero-order valence-electron chi connectivity index (χ0n) is 23.1. The van der Waals surface area contributed by atoms with E-state index in [4.69, 9.17) is 14.6 Å². The first kappa shape index (κ1) is 31.1. The normalized spacial score (nSPS) is 12.3. The Morgan fingerprint density at radius 3 is 2.24 bits per heavy atom. The van der Waals surface area contributed by atoms with Crippen molar-refractivity contribution in [2.75, 3.05) is 19.8 Å². The Morgan fingerprint density at radius 2 is 1.61 bits per heavy atom. The Balaban J connectivity index is 1.69. The van der Waals surface area contributed by atoms with Gasteiger partial charge in [0, 0.05) is 30.5 Å². The van der Waals surface area contributed by atoms with Crippen molar-refractivity contribution in [1.29, 1.82) is 0 Å². The summed E-state index contributed by atoms with van der Waals surface area (Å²) in [5, 5.41) is 19.2. The molecule has 6 heteroatoms. The summed E-state index contributed by atoms with van der Waals surface area (Å²) in [6.07, 6.45) is 16.2. The summed E-state index contributed by atoms with van der Waals surface area (Å²) in [5.41, 5.74) is 2.23. The van der Waals surface area contributed by atoms with E-state index in [-0.39, 0.29) is 11.7 Å². The largest absolute Gasteiger partial charge is 0.507 e. The smallest absolute Gasteiger partial charge is 0.330 e. The number of phenols is 1. The van der Waals surface area contributed by atoms with Crippen LogP contribution in [0.15, 0.2) is 53.5 Å². The van der Waals surface area contributed by atoms with Gasteiger partial charge in [-0.3, -0.25) is 4.99 Å². The molecule has 0 bridgehead atoms. The standard InChI is InChI=1S/C32H45NO5/c1-3-26(2)25-38-32(36)20-15-27-13-17-29(18-14-27)33-24-28-16-19-30(23-31(28)35)37-22-12-10-8-6-4-5-7-9-11-21-34/h13-20,23-24,26,34-35H,3-12,21-22,25H2,1-2H3/b20-15+,33-24?/t26-/m0/s1. The zero-order chi connectivity index (χ0) is 27.4. The van der Waals surface area contributed by atoms with Gasteiger partial charge in [-0.1, -0.05) is 77.3 Å². The average Bonchev–Trinajstić information content (AvgIpc) is 2.93. The van der Waals surface area contributed by atoms with Crippen molar-refractivity contribution in [1.82, 2.24) is 0 Å². The minimum Gasteiger partial charge on any atom is -0.507 e. The Kier molecular flexibility index (Phi) is 15.6. The number of aliphatic imine (C=N–C) groups is 1. The number of nitrogens with zero attached hydrogens (tertiary/aromatic N) is 1. The van der Waals surface area contributed by atoms with E-state index >= 15 is 0 Å². The summed E-state index contributed by atoms with van der Waals surface area (Å²) in [6.45, 7) is 5.50. The molecule has 0 fully saturated rings. The van der Waals surface area contributed by atoms with Crippen molar-refractivity contribution in [3.05, 3.63) is 59.7 Å². The highest BCUT2D eigenvalue weighted by atomic mass is 16.5. The Hall–Kier alpha value is -3.12. The number of aromatic hydroxyl groups is 1. The molecule has 208 valence electrons. The van der Waals surface area contributed by atoms with Crippen molar-refractivity contribution in [2.24, 2.45) is 10.9 Å². The minimum absolute atomic E-state index is 0.128. The van der Waals surface area contributed by atoms with Crippen LogP contribution in [0.2, 0.25) is 0 Å². The maximum Gasteiger partial charge on any atom is 0.330 e. The van der Waals surface area contributed by atoms with Gasteiger partial charge in [0.2, 0.25) is 0 Å². The van der Waals surface area contributed by atoms with E-state index in [9.17, 15) is 9.90 Å². The van der Waals surface area contributed by atoms with Crippen LogP contribution in [-0.4, -0.2) is 42.2 Å². The van der Waals surface area contributed by atoms with E-state index in [0.717, 1.165) is 43.4 Å². The van der Waals surface area contributed by atoms with Crippen LogP contribution in [0.1, 0.15) is 89.2 Å². The zero-order valence-corrected chi connectivity index (χ0v) is 23.1. The lowest BCUT2D eigenvalue weighted by Crippen LogP contribution is -2.08. The van der Waals surface area contributed by atoms with Crippen LogP contribution < -0.4 is 4.74 Å². The highest BCUT2D eigenvalue weighted by molar-refractivity contribution is 5.87. The summed E-state index contributed by atoms with van der Waals surface area (Å²) >= 11 is 0. The lowest BCUT2D eigenvalue weighted by Gasteiger charge is -2.08. The van der Waals surface area contributed by atoms with Gasteiger partial charge in [0.25, 0.3) is 0 Å². The van der Waals surface area contributed by atoms with Gasteiger partial charge in [-0.25, -0.2) is 4.79 Å². The van der Waals surface area contributed by atoms with Gasteiger partial charge in [-0.05, 0) is 54.7 Å². The number of hydrogen-bond acceptors (Lipinski definition) is 6. The number of aliphatic hydroxyl groups is 1. The van der Waals surface area contributed by atoms with Crippen LogP contribution in [0, 0.1) is 5.92 Å². The van der Waals surface area contributed by atoms with Crippen LogP contribution in [0.25, 0.3) is 6.08 Å². The van der Waals surface area contributed by atoms with E-state index in [0.29, 0.717) is 37.1 Å². The Bertz CT molecular complexity index is 984. The van der Waals surface area contributed by atoms with Crippen LogP contribution >= 0.6 is 0 Å². The Morgan fingerprint density at radius 1 is 0.947 bits per heavy atom. The molecule has 0 aromatic heterocycles. The van der Waals surface area contributed by atoms with Crippen molar-refractivity contribution < 1.29 is 24.5 Å². The molecule has 0 saturated carbocycles. The van der Waals surface area contributed by atoms with Crippen LogP contribution in [0.3, 0.4) is 0 Å². The first-order valence-corrected chi connectivity index (χ1v) is 14.1. The van der Waals surface area contributed by atoms with Crippen molar-refractivity contribution in [3.8, 4) is 11.5 Å². The third-order valence-corrected chi connectivity index (χ3v) is 6.44. The van der Waals surface area contributed by atoms with Gasteiger partial charge in [-0.2, -0.15) is 0 Å². The van der Waals surface area contributed by atoms with Gasteiger partial charge in [-0.15, -0.1) is 0 Å². The van der Waals surface area contributed by atoms with Crippen molar-refractivity contribution >= 4 is 23.9 Å². The maximum atomic E-state index is 11.8. The minimum atomic E-state index is -0.340. The van der Waals surface area contributed by atoms with E-state index < -0.39 is 0 Å². The molecule has 2 aromatic carbocycles. The molecular formula is C32H45NO5. The maximum absolute atomic E-state index is 11.8. The number of rotatable bonds is 19. The average molecular weight is 524 g/mol. The molecule has 0 heterocycles. The van der Waals surface area contributed by atoms with Crippen LogP contribution in [0.4, 0.5) is 5.69 Å². The number of carbonyl (C=O) groups is 1. The fraction of sp³-hybridized carbons (Fsp3) is 0.500. The second kappa shape index (κ2) is 19.0. The molecule has 0 unspecified atom stereocenters. The number of aliphatic hydroxyl groups excluding tert-OH is 1. The van der Waals surface area contributed by atoms with Gasteiger partial charge < -0.3 is 19.7 Å². The first-order chi connectivity index (χ1) is 18.5. The molecule has 2 rings (SSSR count). The third-order valence-electron chi connectivity index (χ3n) is 6.44. The van der Waals surface area contributed by atoms with Gasteiger partial charge in [0.15, 0.2) is 0 Å². The third kappa shape index (κ3) is 13.4. The number of ether oxygens (including phenoxy) is 2. The van der Waals surface area contributed by atoms with E-state index in [1.54, 1.807) is 24.4 Å². The van der Waals surface area contributed by atoms with E-state index in [1.807, 2.05) is 37.3 Å². The molecule has 0 saturated heterocycles. The van der Waals surface area contributed by atoms with Crippen LogP contribution in [-0.2, 0) is 9.53 Å². The number of unbranched alkanes of at least 4 members (excludes halogenated alkanes) is 8. The topological polar surface area (TPSA) is 88.4 Å². The molecule has 38 heavy (non-hydrogen) atoms. The van der Waals surface area contributed by atoms with Gasteiger partial charge in [0.05, 0.1) is 18.9 Å². The summed E-state index contributed by atoms with van der Waals surface area (Å²) in [6, 6.07) is 12.7. The fourth-order valence-corrected chi connectivity index (χ4v) is 3.73. The number of hydrogen-bond donors (Lipinski definition) is 2. The summed E-state index contributed by atoms with van der Waals surface area (Å²) in [5.74, 6) is 0.801. The number of phenolic OH excluding ortho intramolecular Hbond substituents is 1. The summed E-state index contributed by atoms with van der Waals surface area (Å²) in [4.78, 5) is 16.2. The number of esters is 1. The molecule has 0 radical (unpaired) electrons. The number of benzene rings is 2. The highest BCUT2D eigenvalue weighted by Gasteiger charge is 2.04. The molecule has 2 aromatic rings. The molecule has 0 spiro atoms. The molecule has 0 aliphatic rings. The molecule has 0 aliphatic heterocycles. The van der Waals surface area contributed by atoms with E-state index in [1.165, 1.54) is 38.2 Å².